The van der Waals surface area contributed by atoms with E-state index in [-0.39, 0.29) is 12.0 Å². The minimum atomic E-state index is -4.49. The first kappa shape index (κ1) is 21.1. The van der Waals surface area contributed by atoms with E-state index in [1.54, 1.807) is 7.11 Å². The van der Waals surface area contributed by atoms with Crippen LogP contribution in [0.4, 0.5) is 0 Å². The Morgan fingerprint density at radius 3 is 2.35 bits per heavy atom. The molecule has 0 saturated heterocycles. The Kier molecular flexibility index (Phi) is 7.71. The molecular formula is C16H35NO5P+. The third kappa shape index (κ3) is 8.10. The molecule has 6 nitrogen and oxygen atoms in total. The molecule has 0 radical (unpaired) electrons. The molecule has 1 saturated carbocycles. The summed E-state index contributed by atoms with van der Waals surface area (Å²) in [5.41, 5.74) is 0. The number of phosphoric acid groups is 1. The summed E-state index contributed by atoms with van der Waals surface area (Å²) in [7, 11) is 3.30. The summed E-state index contributed by atoms with van der Waals surface area (Å²) in [6, 6.07) is 0. The smallest absolute Gasteiger partial charge is 0.382 e. The Hall–Kier alpha value is 0.0300. The Labute approximate surface area is 141 Å². The first-order valence-corrected chi connectivity index (χ1v) is 10.0. The fourth-order valence-electron chi connectivity index (χ4n) is 3.71. The highest BCUT2D eigenvalue weighted by atomic mass is 31.2. The monoisotopic (exact) mass is 352 g/mol. The standard InChI is InChI=1S/C16H34NO5P/c1-12-7-8-14(9-13(2)21-6)10-15(12)16(11-17(3,4)5)22-23(18,19)20/h12-16H,7-11H2,1-6H3,(H-,18,19,20)/p+1. The zero-order valence-electron chi connectivity index (χ0n) is 15.4. The van der Waals surface area contributed by atoms with Gasteiger partial charge in [0.15, 0.2) is 0 Å². The van der Waals surface area contributed by atoms with Crippen LogP contribution in [0.3, 0.4) is 0 Å². The van der Waals surface area contributed by atoms with E-state index >= 15 is 0 Å². The van der Waals surface area contributed by atoms with Gasteiger partial charge >= 0.3 is 7.82 Å². The lowest BCUT2D eigenvalue weighted by Gasteiger charge is -2.41. The summed E-state index contributed by atoms with van der Waals surface area (Å²) in [5.74, 6) is 1.11. The summed E-state index contributed by atoms with van der Waals surface area (Å²) in [6.45, 7) is 4.84. The molecule has 0 aromatic rings. The maximum atomic E-state index is 11.4. The van der Waals surface area contributed by atoms with Crippen LogP contribution >= 0.6 is 7.82 Å². The molecule has 138 valence electrons. The molecule has 5 atom stereocenters. The molecule has 1 rings (SSSR count). The van der Waals surface area contributed by atoms with E-state index in [9.17, 15) is 14.4 Å². The van der Waals surface area contributed by atoms with Gasteiger partial charge in [-0.1, -0.05) is 19.8 Å². The lowest BCUT2D eigenvalue weighted by molar-refractivity contribution is -0.873. The molecular weight excluding hydrogens is 317 g/mol. The number of methoxy groups -OCH3 is 1. The molecule has 23 heavy (non-hydrogen) atoms. The Balaban J connectivity index is 2.85. The van der Waals surface area contributed by atoms with Gasteiger partial charge in [-0.3, -0.25) is 4.52 Å². The van der Waals surface area contributed by atoms with Crippen LogP contribution in [0, 0.1) is 17.8 Å². The van der Waals surface area contributed by atoms with Crippen LogP contribution in [-0.4, -0.2) is 61.3 Å². The molecule has 0 bridgehead atoms. The SMILES string of the molecule is COC(C)CC1CCC(C)C(C(C[N+](C)(C)C)OP(=O)(O)O)C1. The second kappa shape index (κ2) is 8.41. The van der Waals surface area contributed by atoms with E-state index in [1.807, 2.05) is 21.1 Å². The largest absolute Gasteiger partial charge is 0.470 e. The third-order valence-corrected chi connectivity index (χ3v) is 5.46. The molecule has 0 spiro atoms. The van der Waals surface area contributed by atoms with E-state index in [1.165, 1.54) is 0 Å². The predicted octanol–water partition coefficient (Wildman–Crippen LogP) is 2.65. The maximum Gasteiger partial charge on any atom is 0.470 e. The molecule has 0 heterocycles. The molecule has 7 heteroatoms. The van der Waals surface area contributed by atoms with Crippen molar-refractivity contribution >= 4 is 7.82 Å². The van der Waals surface area contributed by atoms with E-state index in [0.717, 1.165) is 25.7 Å². The Morgan fingerprint density at radius 1 is 1.26 bits per heavy atom. The van der Waals surface area contributed by atoms with Crippen LogP contribution in [0.2, 0.25) is 0 Å². The first-order chi connectivity index (χ1) is 10.4. The van der Waals surface area contributed by atoms with Gasteiger partial charge in [-0.15, -0.1) is 0 Å². The highest BCUT2D eigenvalue weighted by Gasteiger charge is 2.39. The zero-order valence-corrected chi connectivity index (χ0v) is 16.3. The van der Waals surface area contributed by atoms with Gasteiger partial charge in [-0.25, -0.2) is 4.57 Å². The summed E-state index contributed by atoms with van der Waals surface area (Å²) in [6.07, 6.45) is 3.95. The molecule has 0 amide bonds. The maximum absolute atomic E-state index is 11.4. The van der Waals surface area contributed by atoms with Crippen molar-refractivity contribution in [1.29, 1.82) is 0 Å². The molecule has 2 N–H and O–H groups in total. The lowest BCUT2D eigenvalue weighted by Crippen LogP contribution is -2.47. The topological polar surface area (TPSA) is 76.0 Å². The fourth-order valence-corrected chi connectivity index (χ4v) is 4.28. The number of quaternary nitrogens is 1. The van der Waals surface area contributed by atoms with E-state index in [4.69, 9.17) is 9.26 Å². The second-order valence-corrected chi connectivity index (χ2v) is 9.40. The number of hydrogen-bond donors (Lipinski definition) is 2. The summed E-state index contributed by atoms with van der Waals surface area (Å²) >= 11 is 0. The van der Waals surface area contributed by atoms with Gasteiger partial charge in [0, 0.05) is 7.11 Å². The molecule has 5 unspecified atom stereocenters. The molecule has 1 aliphatic rings. The van der Waals surface area contributed by atoms with Crippen LogP contribution in [0.5, 0.6) is 0 Å². The molecule has 0 aliphatic heterocycles. The summed E-state index contributed by atoms with van der Waals surface area (Å²) in [4.78, 5) is 18.6. The van der Waals surface area contributed by atoms with Crippen molar-refractivity contribution in [3.63, 3.8) is 0 Å². The van der Waals surface area contributed by atoms with Crippen molar-refractivity contribution in [2.24, 2.45) is 17.8 Å². The minimum absolute atomic E-state index is 0.169. The Bertz CT molecular complexity index is 406. The zero-order chi connectivity index (χ0) is 17.8. The number of hydrogen-bond acceptors (Lipinski definition) is 3. The van der Waals surface area contributed by atoms with Crippen molar-refractivity contribution in [2.45, 2.75) is 51.7 Å². The first-order valence-electron chi connectivity index (χ1n) is 8.48. The van der Waals surface area contributed by atoms with Crippen LogP contribution in [0.25, 0.3) is 0 Å². The van der Waals surface area contributed by atoms with Crippen molar-refractivity contribution in [3.8, 4) is 0 Å². The second-order valence-electron chi connectivity index (χ2n) is 8.21. The van der Waals surface area contributed by atoms with Crippen LogP contribution in [0.1, 0.15) is 39.5 Å². The van der Waals surface area contributed by atoms with E-state index < -0.39 is 13.9 Å². The molecule has 1 aliphatic carbocycles. The minimum Gasteiger partial charge on any atom is -0.382 e. The normalized spacial score (nSPS) is 29.3. The highest BCUT2D eigenvalue weighted by molar-refractivity contribution is 7.46. The predicted molar refractivity (Wildman–Crippen MR) is 90.9 cm³/mol. The van der Waals surface area contributed by atoms with Crippen molar-refractivity contribution in [3.05, 3.63) is 0 Å². The average molecular weight is 352 g/mol. The quantitative estimate of drug-likeness (QED) is 0.519. The fraction of sp³-hybridized carbons (Fsp3) is 1.00. The number of rotatable bonds is 8. The molecule has 1 fully saturated rings. The van der Waals surface area contributed by atoms with Gasteiger partial charge in [-0.05, 0) is 37.5 Å². The summed E-state index contributed by atoms with van der Waals surface area (Å²) < 4.78 is 22.6. The van der Waals surface area contributed by atoms with Gasteiger partial charge in [0.2, 0.25) is 0 Å². The van der Waals surface area contributed by atoms with Gasteiger partial charge in [0.05, 0.1) is 27.2 Å². The third-order valence-electron chi connectivity index (χ3n) is 4.91. The van der Waals surface area contributed by atoms with Gasteiger partial charge in [-0.2, -0.15) is 0 Å². The van der Waals surface area contributed by atoms with Crippen molar-refractivity contribution in [2.75, 3.05) is 34.8 Å². The average Bonchev–Trinajstić information content (AvgIpc) is 2.36. The van der Waals surface area contributed by atoms with Crippen molar-refractivity contribution < 1.29 is 28.1 Å². The number of nitrogens with zero attached hydrogens (tertiary/aromatic N) is 1. The van der Waals surface area contributed by atoms with Crippen LogP contribution in [0.15, 0.2) is 0 Å². The van der Waals surface area contributed by atoms with Gasteiger partial charge in [0.1, 0.15) is 12.6 Å². The number of likely N-dealkylation sites (N-methyl/N-ethyl adjacent to an activating group) is 1. The molecule has 0 aromatic heterocycles. The highest BCUT2D eigenvalue weighted by Crippen LogP contribution is 2.45. The molecule has 0 aromatic carbocycles. The number of phosphoric ester groups is 1. The number of ether oxygens (including phenoxy) is 1. The lowest BCUT2D eigenvalue weighted by atomic mass is 9.71. The summed E-state index contributed by atoms with van der Waals surface area (Å²) in [5, 5.41) is 0. The van der Waals surface area contributed by atoms with Gasteiger partial charge in [0.25, 0.3) is 0 Å². The van der Waals surface area contributed by atoms with E-state index in [2.05, 4.69) is 13.8 Å². The Morgan fingerprint density at radius 2 is 1.87 bits per heavy atom. The van der Waals surface area contributed by atoms with Crippen LogP contribution < -0.4 is 0 Å². The van der Waals surface area contributed by atoms with E-state index in [0.29, 0.717) is 22.9 Å². The van der Waals surface area contributed by atoms with Crippen LogP contribution in [-0.2, 0) is 13.8 Å². The van der Waals surface area contributed by atoms with Crippen molar-refractivity contribution in [1.82, 2.24) is 0 Å². The van der Waals surface area contributed by atoms with Gasteiger partial charge < -0.3 is 19.0 Å².